The molecular formula is C20H19ClN4O2S2. The Bertz CT molecular complexity index is 1200. The van der Waals surface area contributed by atoms with Crippen LogP contribution in [0.1, 0.15) is 31.9 Å². The van der Waals surface area contributed by atoms with Gasteiger partial charge in [-0.3, -0.25) is 9.36 Å². The molecule has 3 heterocycles. The monoisotopic (exact) mass is 446 g/mol. The van der Waals surface area contributed by atoms with Gasteiger partial charge in [0.25, 0.3) is 11.4 Å². The summed E-state index contributed by atoms with van der Waals surface area (Å²) >= 11 is 9.07. The van der Waals surface area contributed by atoms with Crippen LogP contribution in [0.2, 0.25) is 5.02 Å². The molecule has 4 aromatic rings. The Labute approximate surface area is 180 Å². The lowest BCUT2D eigenvalue weighted by molar-refractivity contribution is 0.473. The molecule has 0 fully saturated rings. The van der Waals surface area contributed by atoms with E-state index in [4.69, 9.17) is 21.0 Å². The molecule has 9 heteroatoms. The zero-order chi connectivity index (χ0) is 20.5. The topological polar surface area (TPSA) is 73.8 Å². The molecule has 0 aliphatic rings. The van der Waals surface area contributed by atoms with Crippen LogP contribution in [0.15, 0.2) is 50.1 Å². The van der Waals surface area contributed by atoms with E-state index in [9.17, 15) is 4.79 Å². The van der Waals surface area contributed by atoms with Crippen LogP contribution in [0.25, 0.3) is 21.7 Å². The van der Waals surface area contributed by atoms with Crippen molar-refractivity contribution in [3.8, 4) is 10.8 Å². The van der Waals surface area contributed by atoms with Gasteiger partial charge < -0.3 is 4.42 Å². The average molecular weight is 447 g/mol. The Morgan fingerprint density at radius 3 is 2.79 bits per heavy atom. The first kappa shape index (κ1) is 20.1. The number of halogens is 1. The van der Waals surface area contributed by atoms with Crippen LogP contribution in [0.5, 0.6) is 0 Å². The summed E-state index contributed by atoms with van der Waals surface area (Å²) < 4.78 is 7.56. The fourth-order valence-electron chi connectivity index (χ4n) is 2.90. The Morgan fingerprint density at radius 1 is 1.24 bits per heavy atom. The standard InChI is InChI=1S/C20H19ClN4O2S2/c1-11(2)10-25-19(26)14-9-13(21)6-7-15(14)22-20(25)29-12(3)17-23-24-18(27-17)16-5-4-8-28-16/h4-9,11-12H,10H2,1-3H3. The highest BCUT2D eigenvalue weighted by Crippen LogP contribution is 2.35. The smallest absolute Gasteiger partial charge is 0.262 e. The molecule has 0 saturated heterocycles. The van der Waals surface area contributed by atoms with Gasteiger partial charge in [0.1, 0.15) is 0 Å². The molecule has 150 valence electrons. The Morgan fingerprint density at radius 2 is 2.07 bits per heavy atom. The number of aromatic nitrogens is 4. The van der Waals surface area contributed by atoms with E-state index in [1.807, 2.05) is 24.4 Å². The largest absolute Gasteiger partial charge is 0.419 e. The van der Waals surface area contributed by atoms with Gasteiger partial charge in [-0.1, -0.05) is 43.3 Å². The molecule has 0 saturated carbocycles. The maximum Gasteiger partial charge on any atom is 0.262 e. The van der Waals surface area contributed by atoms with Crippen LogP contribution in [-0.4, -0.2) is 19.7 Å². The van der Waals surface area contributed by atoms with Crippen molar-refractivity contribution in [2.75, 3.05) is 0 Å². The quantitative estimate of drug-likeness (QED) is 0.280. The lowest BCUT2D eigenvalue weighted by atomic mass is 10.2. The maximum atomic E-state index is 13.1. The number of fused-ring (bicyclic) bond motifs is 1. The van der Waals surface area contributed by atoms with Gasteiger partial charge in [-0.15, -0.1) is 21.5 Å². The van der Waals surface area contributed by atoms with Crippen molar-refractivity contribution in [1.29, 1.82) is 0 Å². The predicted octanol–water partition coefficient (Wildman–Crippen LogP) is 5.67. The Hall–Kier alpha value is -2.16. The van der Waals surface area contributed by atoms with Crippen molar-refractivity contribution in [3.05, 3.63) is 57.0 Å². The zero-order valence-electron chi connectivity index (χ0n) is 16.1. The van der Waals surface area contributed by atoms with E-state index < -0.39 is 0 Å². The first-order valence-electron chi connectivity index (χ1n) is 9.16. The van der Waals surface area contributed by atoms with E-state index in [1.165, 1.54) is 11.8 Å². The summed E-state index contributed by atoms with van der Waals surface area (Å²) in [6.07, 6.45) is 0. The number of rotatable bonds is 6. The molecule has 0 amide bonds. The van der Waals surface area contributed by atoms with E-state index in [2.05, 4.69) is 24.0 Å². The SMILES string of the molecule is CC(C)Cn1c(SC(C)c2nnc(-c3cccs3)o2)nc2ccc(Cl)cc2c1=O. The van der Waals surface area contributed by atoms with E-state index in [0.717, 1.165) is 4.88 Å². The molecular weight excluding hydrogens is 428 g/mol. The van der Waals surface area contributed by atoms with Crippen molar-refractivity contribution in [2.45, 2.75) is 37.7 Å². The Balaban J connectivity index is 1.71. The van der Waals surface area contributed by atoms with Crippen LogP contribution in [0.3, 0.4) is 0 Å². The molecule has 0 N–H and O–H groups in total. The minimum Gasteiger partial charge on any atom is -0.419 e. The first-order valence-corrected chi connectivity index (χ1v) is 11.3. The van der Waals surface area contributed by atoms with Gasteiger partial charge in [0.15, 0.2) is 5.16 Å². The molecule has 0 spiro atoms. The molecule has 0 bridgehead atoms. The van der Waals surface area contributed by atoms with Crippen molar-refractivity contribution in [3.63, 3.8) is 0 Å². The first-order chi connectivity index (χ1) is 13.9. The average Bonchev–Trinajstić information content (AvgIpc) is 3.36. The molecule has 1 atom stereocenters. The number of hydrogen-bond donors (Lipinski definition) is 0. The summed E-state index contributed by atoms with van der Waals surface area (Å²) in [7, 11) is 0. The lowest BCUT2D eigenvalue weighted by Crippen LogP contribution is -2.25. The lowest BCUT2D eigenvalue weighted by Gasteiger charge is -2.16. The summed E-state index contributed by atoms with van der Waals surface area (Å²) in [5.41, 5.74) is 0.532. The highest BCUT2D eigenvalue weighted by Gasteiger charge is 2.21. The van der Waals surface area contributed by atoms with Gasteiger partial charge >= 0.3 is 0 Å². The van der Waals surface area contributed by atoms with E-state index in [0.29, 0.717) is 39.4 Å². The zero-order valence-corrected chi connectivity index (χ0v) is 18.5. The van der Waals surface area contributed by atoms with Gasteiger partial charge in [0.05, 0.1) is 21.0 Å². The van der Waals surface area contributed by atoms with Gasteiger partial charge in [0, 0.05) is 11.6 Å². The number of thiophene rings is 1. The van der Waals surface area contributed by atoms with Crippen LogP contribution >= 0.6 is 34.7 Å². The molecule has 29 heavy (non-hydrogen) atoms. The van der Waals surface area contributed by atoms with E-state index in [1.54, 1.807) is 34.1 Å². The molecule has 6 nitrogen and oxygen atoms in total. The molecule has 0 aliphatic carbocycles. The van der Waals surface area contributed by atoms with Crippen LogP contribution in [0, 0.1) is 5.92 Å². The minimum absolute atomic E-state index is 0.0919. The molecule has 1 aromatic carbocycles. The minimum atomic E-state index is -0.161. The molecule has 0 aliphatic heterocycles. The van der Waals surface area contributed by atoms with E-state index in [-0.39, 0.29) is 16.7 Å². The number of thioether (sulfide) groups is 1. The van der Waals surface area contributed by atoms with Gasteiger partial charge in [0.2, 0.25) is 5.89 Å². The number of nitrogens with zero attached hydrogens (tertiary/aromatic N) is 4. The molecule has 4 rings (SSSR count). The van der Waals surface area contributed by atoms with Gasteiger partial charge in [-0.2, -0.15) is 0 Å². The van der Waals surface area contributed by atoms with Crippen molar-refractivity contribution >= 4 is 45.6 Å². The number of benzene rings is 1. The summed E-state index contributed by atoms with van der Waals surface area (Å²) in [5.74, 6) is 1.29. The predicted molar refractivity (Wildman–Crippen MR) is 118 cm³/mol. The molecule has 0 radical (unpaired) electrons. The summed E-state index contributed by atoms with van der Waals surface area (Å²) in [5, 5.41) is 11.8. The second kappa shape index (κ2) is 8.30. The normalized spacial score (nSPS) is 12.7. The van der Waals surface area contributed by atoms with Crippen LogP contribution < -0.4 is 5.56 Å². The maximum absolute atomic E-state index is 13.1. The fourth-order valence-corrected chi connectivity index (χ4v) is 4.66. The Kier molecular flexibility index (Phi) is 5.76. The van der Waals surface area contributed by atoms with Crippen molar-refractivity contribution in [2.24, 2.45) is 5.92 Å². The van der Waals surface area contributed by atoms with Crippen molar-refractivity contribution < 1.29 is 4.42 Å². The van der Waals surface area contributed by atoms with Crippen LogP contribution in [0.4, 0.5) is 0 Å². The second-order valence-corrected chi connectivity index (χ2v) is 9.74. The van der Waals surface area contributed by atoms with Crippen LogP contribution in [-0.2, 0) is 6.54 Å². The van der Waals surface area contributed by atoms with Crippen molar-refractivity contribution in [1.82, 2.24) is 19.7 Å². The third-order valence-electron chi connectivity index (χ3n) is 4.23. The third-order valence-corrected chi connectivity index (χ3v) is 6.40. The summed E-state index contributed by atoms with van der Waals surface area (Å²) in [4.78, 5) is 18.8. The summed E-state index contributed by atoms with van der Waals surface area (Å²) in [6.45, 7) is 6.66. The van der Waals surface area contributed by atoms with Gasteiger partial charge in [-0.25, -0.2) is 4.98 Å². The number of hydrogen-bond acceptors (Lipinski definition) is 7. The molecule has 3 aromatic heterocycles. The highest BCUT2D eigenvalue weighted by molar-refractivity contribution is 7.99. The third kappa shape index (κ3) is 4.24. The van der Waals surface area contributed by atoms with Gasteiger partial charge in [-0.05, 0) is 42.5 Å². The second-order valence-electron chi connectivity index (χ2n) is 7.05. The molecule has 1 unspecified atom stereocenters. The highest BCUT2D eigenvalue weighted by atomic mass is 35.5. The fraction of sp³-hybridized carbons (Fsp3) is 0.300. The van der Waals surface area contributed by atoms with E-state index >= 15 is 0 Å². The summed E-state index contributed by atoms with van der Waals surface area (Å²) in [6, 6.07) is 9.07.